The molecule has 0 aromatic heterocycles. The first kappa shape index (κ1) is 15.2. The molecular formula is C15H21NO3. The van der Waals surface area contributed by atoms with Gasteiger partial charge in [0.15, 0.2) is 0 Å². The Morgan fingerprint density at radius 2 is 1.95 bits per heavy atom. The van der Waals surface area contributed by atoms with Crippen LogP contribution in [0.1, 0.15) is 49.3 Å². The van der Waals surface area contributed by atoms with Gasteiger partial charge in [-0.2, -0.15) is 0 Å². The number of amides is 1. The van der Waals surface area contributed by atoms with Gasteiger partial charge in [-0.25, -0.2) is 4.79 Å². The topological polar surface area (TPSA) is 69.4 Å². The maximum Gasteiger partial charge on any atom is 0.412 e. The molecule has 0 aliphatic carbocycles. The Bertz CT molecular complexity index is 466. The average molecular weight is 263 g/mol. The lowest BCUT2D eigenvalue weighted by molar-refractivity contribution is -0.137. The van der Waals surface area contributed by atoms with Crippen LogP contribution in [0.3, 0.4) is 0 Å². The molecule has 1 aromatic carbocycles. The van der Waals surface area contributed by atoms with E-state index >= 15 is 0 Å². The SMILES string of the molecule is Cc1cc(CCCC(=O)OC(N)=O)cc(C(C)C)c1. The molecule has 1 rings (SSSR count). The van der Waals surface area contributed by atoms with Gasteiger partial charge in [0, 0.05) is 6.42 Å². The van der Waals surface area contributed by atoms with Gasteiger partial charge in [0.1, 0.15) is 0 Å². The molecule has 0 aliphatic rings. The summed E-state index contributed by atoms with van der Waals surface area (Å²) in [6, 6.07) is 6.46. The number of primary amides is 1. The van der Waals surface area contributed by atoms with Crippen LogP contribution in [0.2, 0.25) is 0 Å². The lowest BCUT2D eigenvalue weighted by atomic mass is 9.96. The van der Waals surface area contributed by atoms with Gasteiger partial charge < -0.3 is 10.5 Å². The summed E-state index contributed by atoms with van der Waals surface area (Å²) in [5.41, 5.74) is 8.50. The number of aryl methyl sites for hydroxylation is 2. The van der Waals surface area contributed by atoms with Crippen molar-refractivity contribution in [2.24, 2.45) is 5.73 Å². The molecule has 2 N–H and O–H groups in total. The van der Waals surface area contributed by atoms with E-state index in [9.17, 15) is 9.59 Å². The van der Waals surface area contributed by atoms with Gasteiger partial charge in [0.2, 0.25) is 0 Å². The fraction of sp³-hybridized carbons (Fsp3) is 0.467. The number of nitrogens with two attached hydrogens (primary N) is 1. The number of carbonyl (C=O) groups is 2. The number of ether oxygens (including phenoxy) is 1. The second kappa shape index (κ2) is 6.92. The summed E-state index contributed by atoms with van der Waals surface area (Å²) in [4.78, 5) is 21.5. The lowest BCUT2D eigenvalue weighted by Crippen LogP contribution is -2.18. The summed E-state index contributed by atoms with van der Waals surface area (Å²) < 4.78 is 4.27. The van der Waals surface area contributed by atoms with E-state index in [1.54, 1.807) is 0 Å². The van der Waals surface area contributed by atoms with Crippen LogP contribution >= 0.6 is 0 Å². The number of benzene rings is 1. The molecule has 0 bridgehead atoms. The normalized spacial score (nSPS) is 10.5. The maximum atomic E-state index is 11.2. The van der Waals surface area contributed by atoms with Crippen molar-refractivity contribution in [3.05, 3.63) is 34.9 Å². The number of esters is 1. The van der Waals surface area contributed by atoms with E-state index in [4.69, 9.17) is 5.73 Å². The molecule has 0 aliphatic heterocycles. The van der Waals surface area contributed by atoms with Crippen LogP contribution in [0.5, 0.6) is 0 Å². The van der Waals surface area contributed by atoms with Crippen molar-refractivity contribution < 1.29 is 14.3 Å². The van der Waals surface area contributed by atoms with Crippen LogP contribution in [0.15, 0.2) is 18.2 Å². The third-order valence-electron chi connectivity index (χ3n) is 2.89. The zero-order chi connectivity index (χ0) is 14.4. The van der Waals surface area contributed by atoms with Gasteiger partial charge in [-0.1, -0.05) is 37.6 Å². The molecule has 0 radical (unpaired) electrons. The van der Waals surface area contributed by atoms with Crippen molar-refractivity contribution in [2.75, 3.05) is 0 Å². The molecule has 1 aromatic rings. The molecular weight excluding hydrogens is 242 g/mol. The molecule has 19 heavy (non-hydrogen) atoms. The average Bonchev–Trinajstić information content (AvgIpc) is 2.27. The molecule has 0 unspecified atom stereocenters. The van der Waals surface area contributed by atoms with Crippen molar-refractivity contribution in [3.63, 3.8) is 0 Å². The first-order chi connectivity index (χ1) is 8.88. The quantitative estimate of drug-likeness (QED) is 0.655. The molecule has 4 nitrogen and oxygen atoms in total. The molecule has 0 heterocycles. The Kier molecular flexibility index (Phi) is 5.55. The third-order valence-corrected chi connectivity index (χ3v) is 2.89. The Morgan fingerprint density at radius 3 is 2.53 bits per heavy atom. The highest BCUT2D eigenvalue weighted by atomic mass is 16.6. The first-order valence-electron chi connectivity index (χ1n) is 6.49. The molecule has 1 amide bonds. The standard InChI is InChI=1S/C15H21NO3/c1-10(2)13-8-11(3)7-12(9-13)5-4-6-14(17)19-15(16)18/h7-10H,4-6H2,1-3H3,(H2,16,18). The van der Waals surface area contributed by atoms with E-state index in [1.807, 2.05) is 0 Å². The molecule has 104 valence electrons. The largest absolute Gasteiger partial charge is 0.412 e. The van der Waals surface area contributed by atoms with Crippen LogP contribution < -0.4 is 5.73 Å². The fourth-order valence-corrected chi connectivity index (χ4v) is 1.97. The first-order valence-corrected chi connectivity index (χ1v) is 6.49. The van der Waals surface area contributed by atoms with Crippen molar-refractivity contribution >= 4 is 12.1 Å². The van der Waals surface area contributed by atoms with Crippen LogP contribution in [0.4, 0.5) is 4.79 Å². The minimum atomic E-state index is -1.04. The predicted molar refractivity (Wildman–Crippen MR) is 73.9 cm³/mol. The summed E-state index contributed by atoms with van der Waals surface area (Å²) in [5.74, 6) is -0.0808. The fourth-order valence-electron chi connectivity index (χ4n) is 1.97. The summed E-state index contributed by atoms with van der Waals surface area (Å²) >= 11 is 0. The Morgan fingerprint density at radius 1 is 1.26 bits per heavy atom. The molecule has 0 fully saturated rings. The van der Waals surface area contributed by atoms with E-state index in [1.165, 1.54) is 16.7 Å². The van der Waals surface area contributed by atoms with Crippen molar-refractivity contribution in [1.82, 2.24) is 0 Å². The van der Waals surface area contributed by atoms with Crippen LogP contribution in [0, 0.1) is 6.92 Å². The number of hydrogen-bond donors (Lipinski definition) is 1. The molecule has 0 saturated carbocycles. The van der Waals surface area contributed by atoms with Gasteiger partial charge >= 0.3 is 12.1 Å². The monoisotopic (exact) mass is 263 g/mol. The zero-order valence-electron chi connectivity index (χ0n) is 11.7. The number of hydrogen-bond acceptors (Lipinski definition) is 3. The highest BCUT2D eigenvalue weighted by Gasteiger charge is 2.07. The minimum Gasteiger partial charge on any atom is -0.376 e. The maximum absolute atomic E-state index is 11.2. The highest BCUT2D eigenvalue weighted by Crippen LogP contribution is 2.19. The van der Waals surface area contributed by atoms with E-state index in [0.717, 1.165) is 6.42 Å². The van der Waals surface area contributed by atoms with Crippen molar-refractivity contribution in [1.29, 1.82) is 0 Å². The second-order valence-corrected chi connectivity index (χ2v) is 5.05. The van der Waals surface area contributed by atoms with E-state index in [-0.39, 0.29) is 6.42 Å². The van der Waals surface area contributed by atoms with E-state index < -0.39 is 12.1 Å². The zero-order valence-corrected chi connectivity index (χ0v) is 11.7. The van der Waals surface area contributed by atoms with Crippen LogP contribution in [-0.4, -0.2) is 12.1 Å². The third kappa shape index (κ3) is 5.55. The smallest absolute Gasteiger partial charge is 0.376 e. The van der Waals surface area contributed by atoms with Crippen LogP contribution in [-0.2, 0) is 16.0 Å². The lowest BCUT2D eigenvalue weighted by Gasteiger charge is -2.10. The summed E-state index contributed by atoms with van der Waals surface area (Å²) in [6.07, 6.45) is 0.596. The van der Waals surface area contributed by atoms with Gasteiger partial charge in [-0.05, 0) is 36.8 Å². The Labute approximate surface area is 113 Å². The van der Waals surface area contributed by atoms with Crippen LogP contribution in [0.25, 0.3) is 0 Å². The van der Waals surface area contributed by atoms with Crippen molar-refractivity contribution in [3.8, 4) is 0 Å². The Balaban J connectivity index is 2.53. The highest BCUT2D eigenvalue weighted by molar-refractivity contribution is 5.83. The Hall–Kier alpha value is -1.84. The molecule has 0 atom stereocenters. The minimum absolute atomic E-state index is 0.202. The van der Waals surface area contributed by atoms with Gasteiger partial charge in [0.25, 0.3) is 0 Å². The van der Waals surface area contributed by atoms with Crippen molar-refractivity contribution in [2.45, 2.75) is 46.0 Å². The summed E-state index contributed by atoms with van der Waals surface area (Å²) in [7, 11) is 0. The summed E-state index contributed by atoms with van der Waals surface area (Å²) in [5, 5.41) is 0. The van der Waals surface area contributed by atoms with Gasteiger partial charge in [-0.3, -0.25) is 4.79 Å². The second-order valence-electron chi connectivity index (χ2n) is 5.05. The molecule has 4 heteroatoms. The molecule has 0 saturated heterocycles. The van der Waals surface area contributed by atoms with Gasteiger partial charge in [0.05, 0.1) is 0 Å². The number of carbonyl (C=O) groups excluding carboxylic acids is 2. The molecule has 0 spiro atoms. The van der Waals surface area contributed by atoms with E-state index in [0.29, 0.717) is 12.3 Å². The summed E-state index contributed by atoms with van der Waals surface area (Å²) in [6.45, 7) is 6.38. The predicted octanol–water partition coefficient (Wildman–Crippen LogP) is 3.06. The van der Waals surface area contributed by atoms with Gasteiger partial charge in [-0.15, -0.1) is 0 Å². The number of rotatable bonds is 5. The van der Waals surface area contributed by atoms with E-state index in [2.05, 4.69) is 43.7 Å².